The average Bonchev–Trinajstić information content (AvgIpc) is 2.91. The summed E-state index contributed by atoms with van der Waals surface area (Å²) < 4.78 is 7.61. The standard InChI is InChI=1S/C16H17Br2IO2/c1-9-10(5-4-6-12(9)19)8-21-15(20)14-11(7-13(17)18)16(14,2)3/h4-7,11,14H,8H2,1-3H3/t11-,14-/m0/s1. The molecular weight excluding hydrogens is 511 g/mol. The fraction of sp³-hybridized carbons (Fsp3) is 0.438. The summed E-state index contributed by atoms with van der Waals surface area (Å²) in [7, 11) is 0. The van der Waals surface area contributed by atoms with E-state index in [0.29, 0.717) is 6.61 Å². The van der Waals surface area contributed by atoms with Crippen molar-refractivity contribution in [2.45, 2.75) is 27.4 Å². The lowest BCUT2D eigenvalue weighted by Gasteiger charge is -2.09. The monoisotopic (exact) mass is 526 g/mol. The number of esters is 1. The highest BCUT2D eigenvalue weighted by molar-refractivity contribution is 14.1. The molecule has 114 valence electrons. The normalized spacial score (nSPS) is 22.6. The Morgan fingerprint density at radius 1 is 1.43 bits per heavy atom. The van der Waals surface area contributed by atoms with Gasteiger partial charge in [0.2, 0.25) is 0 Å². The Morgan fingerprint density at radius 2 is 2.10 bits per heavy atom. The molecule has 0 heterocycles. The van der Waals surface area contributed by atoms with Gasteiger partial charge in [-0.2, -0.15) is 0 Å². The minimum absolute atomic E-state index is 0.0377. The van der Waals surface area contributed by atoms with Crippen LogP contribution in [0.3, 0.4) is 0 Å². The lowest BCUT2D eigenvalue weighted by atomic mass is 10.1. The maximum atomic E-state index is 12.3. The van der Waals surface area contributed by atoms with Crippen LogP contribution in [0.15, 0.2) is 27.7 Å². The fourth-order valence-corrected chi connectivity index (χ4v) is 3.75. The molecule has 2 nitrogen and oxygen atoms in total. The summed E-state index contributed by atoms with van der Waals surface area (Å²) in [5, 5.41) is 0. The molecule has 0 amide bonds. The van der Waals surface area contributed by atoms with E-state index in [1.807, 2.05) is 18.2 Å². The first kappa shape index (κ1) is 17.5. The Balaban J connectivity index is 2.00. The van der Waals surface area contributed by atoms with Gasteiger partial charge in [-0.1, -0.05) is 32.1 Å². The van der Waals surface area contributed by atoms with Crippen LogP contribution in [0.25, 0.3) is 0 Å². The van der Waals surface area contributed by atoms with Gasteiger partial charge in [0.15, 0.2) is 0 Å². The number of ether oxygens (including phenoxy) is 1. The molecule has 2 rings (SSSR count). The second kappa shape index (κ2) is 6.71. The van der Waals surface area contributed by atoms with Crippen LogP contribution in [-0.4, -0.2) is 5.97 Å². The first-order valence-electron chi connectivity index (χ1n) is 6.68. The van der Waals surface area contributed by atoms with E-state index >= 15 is 0 Å². The maximum absolute atomic E-state index is 12.3. The van der Waals surface area contributed by atoms with Crippen molar-refractivity contribution >= 4 is 60.4 Å². The van der Waals surface area contributed by atoms with Crippen LogP contribution in [-0.2, 0) is 16.1 Å². The zero-order chi connectivity index (χ0) is 15.8. The van der Waals surface area contributed by atoms with Crippen LogP contribution >= 0.6 is 54.5 Å². The second-order valence-electron chi connectivity index (χ2n) is 5.91. The highest BCUT2D eigenvalue weighted by Gasteiger charge is 2.61. The summed E-state index contributed by atoms with van der Waals surface area (Å²) >= 11 is 9.02. The molecule has 0 radical (unpaired) electrons. The van der Waals surface area contributed by atoms with E-state index in [1.165, 1.54) is 9.13 Å². The number of halogens is 3. The average molecular weight is 528 g/mol. The summed E-state index contributed by atoms with van der Waals surface area (Å²) in [6.45, 7) is 6.60. The molecular formula is C16H17Br2IO2. The maximum Gasteiger partial charge on any atom is 0.310 e. The van der Waals surface area contributed by atoms with Gasteiger partial charge < -0.3 is 4.74 Å². The number of allylic oxidation sites excluding steroid dienone is 1. The smallest absolute Gasteiger partial charge is 0.310 e. The molecule has 1 aromatic rings. The zero-order valence-electron chi connectivity index (χ0n) is 12.1. The van der Waals surface area contributed by atoms with Gasteiger partial charge in [0.25, 0.3) is 0 Å². The van der Waals surface area contributed by atoms with Crippen LogP contribution in [0.1, 0.15) is 25.0 Å². The summed E-state index contributed by atoms with van der Waals surface area (Å²) in [6.07, 6.45) is 2.03. The Labute approximate surface area is 156 Å². The number of hydrogen-bond acceptors (Lipinski definition) is 2. The van der Waals surface area contributed by atoms with E-state index in [9.17, 15) is 4.79 Å². The van der Waals surface area contributed by atoms with Gasteiger partial charge in [0.1, 0.15) is 6.61 Å². The molecule has 21 heavy (non-hydrogen) atoms. The number of benzene rings is 1. The van der Waals surface area contributed by atoms with Gasteiger partial charge in [0, 0.05) is 3.57 Å². The van der Waals surface area contributed by atoms with Gasteiger partial charge in [-0.05, 0) is 89.9 Å². The molecule has 0 aliphatic heterocycles. The minimum Gasteiger partial charge on any atom is -0.461 e. The molecule has 2 atom stereocenters. The van der Waals surface area contributed by atoms with Gasteiger partial charge in [-0.25, -0.2) is 0 Å². The van der Waals surface area contributed by atoms with Crippen molar-refractivity contribution in [2.24, 2.45) is 17.3 Å². The SMILES string of the molecule is Cc1c(I)cccc1COC(=O)[C@@H]1[C@H](C=C(Br)Br)C1(C)C. The Hall–Kier alpha value is 0.120. The fourth-order valence-electron chi connectivity index (χ4n) is 2.62. The molecule has 0 saturated heterocycles. The molecule has 0 unspecified atom stereocenters. The van der Waals surface area contributed by atoms with E-state index in [0.717, 1.165) is 8.96 Å². The number of hydrogen-bond donors (Lipinski definition) is 0. The quantitative estimate of drug-likeness (QED) is 0.379. The molecule has 0 bridgehead atoms. The number of rotatable bonds is 4. The number of carbonyl (C=O) groups excluding carboxylic acids is 1. The highest BCUT2D eigenvalue weighted by atomic mass is 127. The molecule has 1 fully saturated rings. The third-order valence-electron chi connectivity index (χ3n) is 4.22. The van der Waals surface area contributed by atoms with E-state index < -0.39 is 0 Å². The van der Waals surface area contributed by atoms with Crippen molar-refractivity contribution < 1.29 is 9.53 Å². The van der Waals surface area contributed by atoms with Crippen molar-refractivity contribution in [1.29, 1.82) is 0 Å². The van der Waals surface area contributed by atoms with E-state index in [2.05, 4.69) is 81.3 Å². The molecule has 1 aliphatic carbocycles. The van der Waals surface area contributed by atoms with Crippen molar-refractivity contribution in [2.75, 3.05) is 0 Å². The third-order valence-corrected chi connectivity index (χ3v) is 5.92. The molecule has 1 saturated carbocycles. The van der Waals surface area contributed by atoms with Crippen molar-refractivity contribution in [3.8, 4) is 0 Å². The van der Waals surface area contributed by atoms with Crippen molar-refractivity contribution in [3.05, 3.63) is 42.4 Å². The van der Waals surface area contributed by atoms with Crippen LogP contribution < -0.4 is 0 Å². The van der Waals surface area contributed by atoms with Gasteiger partial charge in [-0.3, -0.25) is 4.79 Å². The Bertz CT molecular complexity index is 592. The van der Waals surface area contributed by atoms with Gasteiger partial charge >= 0.3 is 5.97 Å². The summed E-state index contributed by atoms with van der Waals surface area (Å²) in [5.41, 5.74) is 2.22. The van der Waals surface area contributed by atoms with E-state index in [4.69, 9.17) is 4.74 Å². The first-order valence-corrected chi connectivity index (χ1v) is 9.35. The lowest BCUT2D eigenvalue weighted by Crippen LogP contribution is -2.11. The topological polar surface area (TPSA) is 26.3 Å². The summed E-state index contributed by atoms with van der Waals surface area (Å²) in [6, 6.07) is 6.06. The predicted molar refractivity (Wildman–Crippen MR) is 100 cm³/mol. The number of carbonyl (C=O) groups is 1. The largest absolute Gasteiger partial charge is 0.461 e. The molecule has 0 spiro atoms. The predicted octanol–water partition coefficient (Wildman–Crippen LogP) is 5.55. The molecule has 1 aliphatic rings. The Kier molecular flexibility index (Phi) is 5.58. The van der Waals surface area contributed by atoms with Crippen LogP contribution in [0, 0.1) is 27.7 Å². The third kappa shape index (κ3) is 3.91. The summed E-state index contributed by atoms with van der Waals surface area (Å²) in [4.78, 5) is 12.3. The molecule has 0 N–H and O–H groups in total. The van der Waals surface area contributed by atoms with Crippen LogP contribution in [0.4, 0.5) is 0 Å². The van der Waals surface area contributed by atoms with Gasteiger partial charge in [0.05, 0.1) is 9.31 Å². The molecule has 0 aromatic heterocycles. The van der Waals surface area contributed by atoms with Gasteiger partial charge in [-0.15, -0.1) is 0 Å². The summed E-state index contributed by atoms with van der Waals surface area (Å²) in [5.74, 6) is 0.0437. The van der Waals surface area contributed by atoms with E-state index in [-0.39, 0.29) is 23.2 Å². The zero-order valence-corrected chi connectivity index (χ0v) is 17.5. The highest BCUT2D eigenvalue weighted by Crippen LogP contribution is 2.60. The first-order chi connectivity index (χ1) is 9.75. The molecule has 1 aromatic carbocycles. The van der Waals surface area contributed by atoms with Crippen LogP contribution in [0.5, 0.6) is 0 Å². The van der Waals surface area contributed by atoms with Crippen molar-refractivity contribution in [1.82, 2.24) is 0 Å². The van der Waals surface area contributed by atoms with Crippen molar-refractivity contribution in [3.63, 3.8) is 0 Å². The molecule has 5 heteroatoms. The second-order valence-corrected chi connectivity index (χ2v) is 9.85. The Morgan fingerprint density at radius 3 is 2.71 bits per heavy atom. The lowest BCUT2D eigenvalue weighted by molar-refractivity contribution is -0.147. The minimum atomic E-state index is -0.110. The van der Waals surface area contributed by atoms with Crippen LogP contribution in [0.2, 0.25) is 0 Å². The van der Waals surface area contributed by atoms with E-state index in [1.54, 1.807) is 0 Å².